The Bertz CT molecular complexity index is 2840. The Hall–Kier alpha value is -7.78. The van der Waals surface area contributed by atoms with E-state index < -0.39 is 20.2 Å². The van der Waals surface area contributed by atoms with E-state index in [-0.39, 0.29) is 21.6 Å². The molecular formula is C48H52N10O8S2. The van der Waals surface area contributed by atoms with Crippen LogP contribution in [0.25, 0.3) is 0 Å². The second-order valence-corrected chi connectivity index (χ2v) is 18.0. The van der Waals surface area contributed by atoms with E-state index in [2.05, 4.69) is 31.2 Å². The molecule has 0 fully saturated rings. The number of amides is 2. The van der Waals surface area contributed by atoms with Crippen LogP contribution in [0, 0.1) is 27.7 Å². The molecule has 0 bridgehead atoms. The number of benzene rings is 5. The van der Waals surface area contributed by atoms with Crippen molar-refractivity contribution in [2.24, 2.45) is 0 Å². The van der Waals surface area contributed by atoms with Crippen LogP contribution in [-0.2, 0) is 33.3 Å². The van der Waals surface area contributed by atoms with Gasteiger partial charge in [0.25, 0.3) is 11.8 Å². The smallest absolute Gasteiger partial charge is 0.391 e. The fourth-order valence-electron chi connectivity index (χ4n) is 6.45. The summed E-state index contributed by atoms with van der Waals surface area (Å²) in [5.74, 6) is 1.58. The quantitative estimate of drug-likeness (QED) is 0.0552. The monoisotopic (exact) mass is 960 g/mol. The zero-order valence-electron chi connectivity index (χ0n) is 38.1. The second kappa shape index (κ2) is 22.6. The van der Waals surface area contributed by atoms with E-state index in [1.165, 1.54) is 24.3 Å². The molecule has 8 N–H and O–H groups in total. The molecule has 20 heteroatoms. The third kappa shape index (κ3) is 14.6. The van der Waals surface area contributed by atoms with Crippen LogP contribution in [0.2, 0.25) is 0 Å². The van der Waals surface area contributed by atoms with Gasteiger partial charge in [0, 0.05) is 46.0 Å². The van der Waals surface area contributed by atoms with Gasteiger partial charge in [-0.25, -0.2) is 26.0 Å². The summed E-state index contributed by atoms with van der Waals surface area (Å²) in [7, 11) is -8.54. The summed E-state index contributed by atoms with van der Waals surface area (Å²) in [6, 6.07) is 36.4. The third-order valence-corrected chi connectivity index (χ3v) is 11.8. The molecule has 0 saturated carbocycles. The van der Waals surface area contributed by atoms with Crippen molar-refractivity contribution >= 4 is 78.3 Å². The van der Waals surface area contributed by atoms with Gasteiger partial charge in [0.05, 0.1) is 34.3 Å². The lowest BCUT2D eigenvalue weighted by Gasteiger charge is -2.10. The third-order valence-electron chi connectivity index (χ3n) is 10.1. The number of carbonyl (C=O) groups is 2. The first-order chi connectivity index (χ1) is 32.1. The van der Waals surface area contributed by atoms with Crippen LogP contribution in [0.3, 0.4) is 0 Å². The fourth-order valence-corrected chi connectivity index (χ4v) is 7.39. The summed E-state index contributed by atoms with van der Waals surface area (Å²) in [6.45, 7) is 13.1. The number of nitrogens with zero attached hydrogens (tertiary/aromatic N) is 4. The van der Waals surface area contributed by atoms with Gasteiger partial charge < -0.3 is 30.4 Å². The Morgan fingerprint density at radius 3 is 1.06 bits per heavy atom. The van der Waals surface area contributed by atoms with Gasteiger partial charge in [-0.1, -0.05) is 45.4 Å². The molecule has 7 rings (SSSR count). The van der Waals surface area contributed by atoms with Crippen LogP contribution in [0.4, 0.5) is 46.3 Å². The highest BCUT2D eigenvalue weighted by Crippen LogP contribution is 2.21. The molecule has 7 aromatic rings. The van der Waals surface area contributed by atoms with Crippen molar-refractivity contribution in [1.82, 2.24) is 9.97 Å². The molecule has 0 aliphatic rings. The molecule has 0 atom stereocenters. The molecule has 18 nitrogen and oxygen atoms in total. The van der Waals surface area contributed by atoms with Crippen molar-refractivity contribution in [3.8, 4) is 0 Å². The number of aromatic nitrogens is 4. The minimum absolute atomic E-state index is 0.178. The first-order valence-corrected chi connectivity index (χ1v) is 23.8. The van der Waals surface area contributed by atoms with E-state index >= 15 is 0 Å². The molecule has 0 unspecified atom stereocenters. The summed E-state index contributed by atoms with van der Waals surface area (Å²) in [4.78, 5) is 34.2. The number of hydrogen-bond donors (Lipinski definition) is 6. The van der Waals surface area contributed by atoms with E-state index in [0.29, 0.717) is 46.0 Å². The van der Waals surface area contributed by atoms with E-state index in [0.717, 1.165) is 47.0 Å². The SMILES string of the molecule is CC[n+]1c(C)cc(Nc2ccc(NC(=O)c3ccc(C(=O)Nc4ccc(Nc5cc(C)[n+](CC)c(N)n5)cc4)cc3)cc2)nc1N.Cc1ccc(S(=O)(=O)[O-])cc1.Cc1ccc(S(=O)(=O)[O-])cc1. The molecule has 0 spiro atoms. The summed E-state index contributed by atoms with van der Waals surface area (Å²) in [5.41, 5.74) is 19.7. The van der Waals surface area contributed by atoms with Crippen molar-refractivity contribution in [3.05, 3.63) is 167 Å². The average Bonchev–Trinajstić information content (AvgIpc) is 3.28. The van der Waals surface area contributed by atoms with Crippen LogP contribution in [0.15, 0.2) is 143 Å². The van der Waals surface area contributed by atoms with Gasteiger partial charge in [-0.2, -0.15) is 0 Å². The van der Waals surface area contributed by atoms with E-state index in [1.807, 2.05) is 87.1 Å². The maximum atomic E-state index is 12.9. The molecule has 2 amide bonds. The van der Waals surface area contributed by atoms with Crippen LogP contribution >= 0.6 is 0 Å². The molecule has 5 aromatic carbocycles. The lowest BCUT2D eigenvalue weighted by molar-refractivity contribution is -0.687. The number of carbonyl (C=O) groups excluding carboxylic acids is 2. The van der Waals surface area contributed by atoms with Crippen LogP contribution in [0.1, 0.15) is 57.1 Å². The second-order valence-electron chi connectivity index (χ2n) is 15.2. The van der Waals surface area contributed by atoms with Gasteiger partial charge in [-0.15, -0.1) is 0 Å². The molecule has 2 aromatic heterocycles. The summed E-state index contributed by atoms with van der Waals surface area (Å²) < 4.78 is 66.2. The van der Waals surface area contributed by atoms with Crippen LogP contribution in [0.5, 0.6) is 0 Å². The molecule has 68 heavy (non-hydrogen) atoms. The summed E-state index contributed by atoms with van der Waals surface area (Å²) in [6.07, 6.45) is 0. The maximum absolute atomic E-state index is 12.9. The number of anilines is 8. The standard InChI is InChI=1S/C34H36N10O2.2C7H8O3S/c1-5-43-21(3)19-29(41-33(43)35)37-25-11-15-27(16-12-25)39-31(45)23-7-9-24(10-8-23)32(46)40-28-17-13-26(14-18-28)38-30-20-22(4)44(6-2)34(36)42-30;2*1-6-2-4-7(5-3-6)11(8,9)10/h7-20H,5-6H2,1-4H3,(H6,35,36,37,38,39,40,41,42,45,46);2*2-5H,1H3,(H,8,9,10). The van der Waals surface area contributed by atoms with Crippen molar-refractivity contribution in [2.75, 3.05) is 32.7 Å². The minimum Gasteiger partial charge on any atom is -0.744 e. The lowest BCUT2D eigenvalue weighted by atomic mass is 10.1. The van der Waals surface area contributed by atoms with Crippen molar-refractivity contribution in [1.29, 1.82) is 0 Å². The number of aryl methyl sites for hydroxylation is 4. The van der Waals surface area contributed by atoms with Gasteiger partial charge in [0.2, 0.25) is 11.6 Å². The fraction of sp³-hybridized carbons (Fsp3) is 0.167. The number of rotatable bonds is 12. The normalized spacial score (nSPS) is 10.9. The number of nitrogens with two attached hydrogens (primary N) is 2. The highest BCUT2D eigenvalue weighted by atomic mass is 32.2. The minimum atomic E-state index is -4.27. The summed E-state index contributed by atoms with van der Waals surface area (Å²) >= 11 is 0. The highest BCUT2D eigenvalue weighted by molar-refractivity contribution is 7.86. The van der Waals surface area contributed by atoms with Crippen molar-refractivity contribution in [2.45, 2.75) is 64.4 Å². The van der Waals surface area contributed by atoms with Gasteiger partial charge in [0.1, 0.15) is 20.2 Å². The Morgan fingerprint density at radius 1 is 0.500 bits per heavy atom. The van der Waals surface area contributed by atoms with Gasteiger partial charge in [-0.05, 0) is 139 Å². The van der Waals surface area contributed by atoms with Crippen LogP contribution in [-0.4, -0.2) is 47.7 Å². The number of hydrogen-bond acceptors (Lipinski definition) is 14. The predicted octanol–water partition coefficient (Wildman–Crippen LogP) is 6.66. The van der Waals surface area contributed by atoms with Crippen molar-refractivity contribution < 1.29 is 44.7 Å². The molecular weight excluding hydrogens is 909 g/mol. The molecule has 0 radical (unpaired) electrons. The number of nitrogen functional groups attached to an aromatic ring is 2. The molecule has 0 aliphatic carbocycles. The Labute approximate surface area is 395 Å². The molecule has 0 saturated heterocycles. The first-order valence-electron chi connectivity index (χ1n) is 21.0. The lowest BCUT2D eigenvalue weighted by Crippen LogP contribution is -2.40. The van der Waals surface area contributed by atoms with E-state index in [9.17, 15) is 35.5 Å². The van der Waals surface area contributed by atoms with Gasteiger partial charge in [-0.3, -0.25) is 21.1 Å². The summed E-state index contributed by atoms with van der Waals surface area (Å²) in [5, 5.41) is 12.2. The zero-order chi connectivity index (χ0) is 49.8. The highest BCUT2D eigenvalue weighted by Gasteiger charge is 2.15. The van der Waals surface area contributed by atoms with Gasteiger partial charge in [0.15, 0.2) is 0 Å². The molecule has 354 valence electrons. The van der Waals surface area contributed by atoms with Gasteiger partial charge >= 0.3 is 11.9 Å². The predicted molar refractivity (Wildman–Crippen MR) is 259 cm³/mol. The molecule has 0 aliphatic heterocycles. The zero-order valence-corrected chi connectivity index (χ0v) is 39.8. The van der Waals surface area contributed by atoms with E-state index in [4.69, 9.17) is 11.5 Å². The molecule has 2 heterocycles. The van der Waals surface area contributed by atoms with E-state index in [1.54, 1.807) is 72.8 Å². The Morgan fingerprint density at radius 2 is 0.794 bits per heavy atom. The topological polar surface area (TPSA) is 282 Å². The maximum Gasteiger partial charge on any atom is 0.391 e. The first kappa shape index (κ1) is 51.2. The average molecular weight is 961 g/mol. The Balaban J connectivity index is 0.000000319. The Kier molecular flexibility index (Phi) is 17.0. The largest absolute Gasteiger partial charge is 0.744 e. The van der Waals surface area contributed by atoms with Crippen LogP contribution < -0.4 is 41.9 Å². The number of nitrogens with one attached hydrogen (secondary N) is 4. The van der Waals surface area contributed by atoms with Crippen molar-refractivity contribution in [3.63, 3.8) is 0 Å².